The van der Waals surface area contributed by atoms with Crippen LogP contribution in [0.5, 0.6) is 0 Å². The van der Waals surface area contributed by atoms with Gasteiger partial charge in [0.05, 0.1) is 13.2 Å². The van der Waals surface area contributed by atoms with E-state index in [1.165, 1.54) is 51.4 Å². The second-order valence-corrected chi connectivity index (χ2v) is 10.7. The topological polar surface area (TPSA) is 102 Å². The van der Waals surface area contributed by atoms with Crippen LogP contribution in [0.2, 0.25) is 0 Å². The molecule has 0 aromatic heterocycles. The predicted octanol–water partition coefficient (Wildman–Crippen LogP) is 4.63. The SMILES string of the molecule is CCCCCCCCCCOP(=O)(OCCCCCCCCCC)OP(=O)(O)O.[H-].[Na+]. The first-order valence-electron chi connectivity index (χ1n) is 11.5. The molecule has 0 unspecified atom stereocenters. The van der Waals surface area contributed by atoms with Crippen molar-refractivity contribution in [3.05, 3.63) is 0 Å². The van der Waals surface area contributed by atoms with Crippen LogP contribution in [0.25, 0.3) is 0 Å². The van der Waals surface area contributed by atoms with Gasteiger partial charge >= 0.3 is 45.2 Å². The van der Waals surface area contributed by atoms with Crippen LogP contribution in [-0.2, 0) is 22.5 Å². The molecule has 0 rings (SSSR count). The summed E-state index contributed by atoms with van der Waals surface area (Å²) in [5.41, 5.74) is 0. The minimum Gasteiger partial charge on any atom is -1.00 e. The van der Waals surface area contributed by atoms with E-state index in [2.05, 4.69) is 18.2 Å². The summed E-state index contributed by atoms with van der Waals surface area (Å²) in [6, 6.07) is 0. The zero-order valence-electron chi connectivity index (χ0n) is 20.6. The van der Waals surface area contributed by atoms with Gasteiger partial charge in [-0.05, 0) is 12.8 Å². The molecule has 0 aliphatic heterocycles. The van der Waals surface area contributed by atoms with Crippen LogP contribution in [-0.4, -0.2) is 23.0 Å². The number of phosphoric acid groups is 2. The second kappa shape index (κ2) is 22.1. The summed E-state index contributed by atoms with van der Waals surface area (Å²) in [7, 11) is -9.20. The Balaban J connectivity index is -0.00000392. The van der Waals surface area contributed by atoms with Gasteiger partial charge in [-0.2, -0.15) is 4.31 Å². The Morgan fingerprint density at radius 2 is 0.900 bits per heavy atom. The van der Waals surface area contributed by atoms with Gasteiger partial charge in [0.1, 0.15) is 0 Å². The van der Waals surface area contributed by atoms with E-state index in [4.69, 9.17) is 18.8 Å². The standard InChI is InChI=1S/C20H44O7P2.Na.H/c1-3-5-7-9-11-13-15-17-19-25-29(24,27-28(21,22)23)26-20-18-16-14-12-10-8-6-4-2;;/h3-20H2,1-2H3,(H2,21,22,23);;/q;+1;-1. The Morgan fingerprint density at radius 3 is 1.20 bits per heavy atom. The average molecular weight is 483 g/mol. The van der Waals surface area contributed by atoms with E-state index < -0.39 is 15.6 Å². The molecular weight excluding hydrogens is 437 g/mol. The molecule has 7 nitrogen and oxygen atoms in total. The molecule has 0 bridgehead atoms. The van der Waals surface area contributed by atoms with Crippen molar-refractivity contribution in [2.45, 2.75) is 117 Å². The van der Waals surface area contributed by atoms with Crippen LogP contribution in [0.15, 0.2) is 0 Å². The normalized spacial score (nSPS) is 12.1. The number of phosphoric ester groups is 1. The number of hydrogen-bond acceptors (Lipinski definition) is 5. The van der Waals surface area contributed by atoms with Gasteiger partial charge in [0.25, 0.3) is 0 Å². The van der Waals surface area contributed by atoms with Crippen molar-refractivity contribution < 1.29 is 63.3 Å². The summed E-state index contributed by atoms with van der Waals surface area (Å²) in [4.78, 5) is 18.0. The number of hydrogen-bond donors (Lipinski definition) is 2. The van der Waals surface area contributed by atoms with E-state index in [-0.39, 0.29) is 44.2 Å². The Hall–Kier alpha value is 1.26. The molecule has 0 aromatic carbocycles. The molecule has 0 aliphatic carbocycles. The van der Waals surface area contributed by atoms with Crippen LogP contribution in [0.3, 0.4) is 0 Å². The van der Waals surface area contributed by atoms with Gasteiger partial charge in [0, 0.05) is 0 Å². The summed E-state index contributed by atoms with van der Waals surface area (Å²) >= 11 is 0. The Bertz CT molecular complexity index is 441. The van der Waals surface area contributed by atoms with Gasteiger partial charge < -0.3 is 11.2 Å². The Labute approximate surface area is 208 Å². The number of unbranched alkanes of at least 4 members (excludes halogenated alkanes) is 14. The predicted molar refractivity (Wildman–Crippen MR) is 119 cm³/mol. The maximum Gasteiger partial charge on any atom is 1.00 e. The van der Waals surface area contributed by atoms with Crippen molar-refractivity contribution >= 4 is 15.6 Å². The first-order chi connectivity index (χ1) is 13.8. The Morgan fingerprint density at radius 1 is 0.600 bits per heavy atom. The third-order valence-corrected chi connectivity index (χ3v) is 7.35. The maximum atomic E-state index is 12.5. The molecule has 2 N–H and O–H groups in total. The van der Waals surface area contributed by atoms with E-state index in [0.29, 0.717) is 12.8 Å². The van der Waals surface area contributed by atoms with Gasteiger partial charge in [0.2, 0.25) is 0 Å². The van der Waals surface area contributed by atoms with Crippen molar-refractivity contribution in [2.24, 2.45) is 0 Å². The van der Waals surface area contributed by atoms with Gasteiger partial charge in [-0.25, -0.2) is 9.13 Å². The molecule has 0 spiro atoms. The zero-order chi connectivity index (χ0) is 21.8. The molecule has 0 fully saturated rings. The third-order valence-electron chi connectivity index (χ3n) is 4.70. The molecule has 10 heteroatoms. The van der Waals surface area contributed by atoms with Crippen LogP contribution in [0.1, 0.15) is 118 Å². The van der Waals surface area contributed by atoms with E-state index in [1.54, 1.807) is 0 Å². The minimum absolute atomic E-state index is 0. The monoisotopic (exact) mass is 482 g/mol. The summed E-state index contributed by atoms with van der Waals surface area (Å²) in [5, 5.41) is 0. The van der Waals surface area contributed by atoms with Crippen LogP contribution in [0, 0.1) is 0 Å². The fourth-order valence-electron chi connectivity index (χ4n) is 3.04. The fraction of sp³-hybridized carbons (Fsp3) is 1.00. The molecule has 178 valence electrons. The van der Waals surface area contributed by atoms with Gasteiger partial charge in [-0.3, -0.25) is 9.05 Å². The smallest absolute Gasteiger partial charge is 1.00 e. The Kier molecular flexibility index (Phi) is 24.6. The number of rotatable bonds is 22. The van der Waals surface area contributed by atoms with E-state index >= 15 is 0 Å². The van der Waals surface area contributed by atoms with Crippen molar-refractivity contribution in [3.8, 4) is 0 Å². The molecule has 0 aromatic rings. The molecule has 0 saturated carbocycles. The van der Waals surface area contributed by atoms with Crippen molar-refractivity contribution in [2.75, 3.05) is 13.2 Å². The first kappa shape index (κ1) is 33.4. The summed E-state index contributed by atoms with van der Waals surface area (Å²) in [6.07, 6.45) is 17.5. The first-order valence-corrected chi connectivity index (χ1v) is 14.5. The molecular formula is C20H45NaO7P2. The molecule has 0 saturated heterocycles. The summed E-state index contributed by atoms with van der Waals surface area (Å²) in [6.45, 7) is 4.57. The van der Waals surface area contributed by atoms with Crippen molar-refractivity contribution in [1.29, 1.82) is 0 Å². The minimum atomic E-state index is -4.95. The van der Waals surface area contributed by atoms with E-state index in [1.807, 2.05) is 0 Å². The van der Waals surface area contributed by atoms with Crippen molar-refractivity contribution in [3.63, 3.8) is 0 Å². The fourth-order valence-corrected chi connectivity index (χ4v) is 5.24. The largest absolute Gasteiger partial charge is 1.00 e. The second-order valence-electron chi connectivity index (χ2n) is 7.64. The van der Waals surface area contributed by atoms with E-state index in [0.717, 1.165) is 38.5 Å². The van der Waals surface area contributed by atoms with Crippen LogP contribution < -0.4 is 29.6 Å². The van der Waals surface area contributed by atoms with E-state index in [9.17, 15) is 9.13 Å². The van der Waals surface area contributed by atoms with Crippen LogP contribution >= 0.6 is 15.6 Å². The third kappa shape index (κ3) is 23.9. The molecule has 0 amide bonds. The van der Waals surface area contributed by atoms with Crippen molar-refractivity contribution in [1.82, 2.24) is 0 Å². The van der Waals surface area contributed by atoms with Crippen LogP contribution in [0.4, 0.5) is 0 Å². The maximum absolute atomic E-state index is 12.5. The van der Waals surface area contributed by atoms with Gasteiger partial charge in [-0.15, -0.1) is 0 Å². The molecule has 30 heavy (non-hydrogen) atoms. The summed E-state index contributed by atoms with van der Waals surface area (Å²) < 4.78 is 38.2. The molecule has 0 radical (unpaired) electrons. The molecule has 0 atom stereocenters. The average Bonchev–Trinajstić information content (AvgIpc) is 2.64. The van der Waals surface area contributed by atoms with Gasteiger partial charge in [0.15, 0.2) is 0 Å². The van der Waals surface area contributed by atoms with Gasteiger partial charge in [-0.1, -0.05) is 104 Å². The zero-order valence-corrected chi connectivity index (χ0v) is 23.3. The molecule has 0 heterocycles. The summed E-state index contributed by atoms with van der Waals surface area (Å²) in [5.74, 6) is 0. The quantitative estimate of drug-likeness (QED) is 0.132. The molecule has 0 aliphatic rings.